The Hall–Kier alpha value is -8.88. The lowest BCUT2D eigenvalue weighted by molar-refractivity contribution is 0.863. The number of para-hydroxylation sites is 4. The number of aromatic nitrogens is 8. The monoisotopic (exact) mass is 872 g/mol. The molecule has 6 aromatic heterocycles. The summed E-state index contributed by atoms with van der Waals surface area (Å²) >= 11 is 0. The third kappa shape index (κ3) is 5.19. The van der Waals surface area contributed by atoms with E-state index in [0.29, 0.717) is 17.5 Å². The summed E-state index contributed by atoms with van der Waals surface area (Å²) in [5.41, 5.74) is 15.0. The van der Waals surface area contributed by atoms with Crippen molar-refractivity contribution in [2.45, 2.75) is 25.7 Å². The first-order valence-electron chi connectivity index (χ1n) is 23.5. The largest absolute Gasteiger partial charge is 0.315 e. The van der Waals surface area contributed by atoms with E-state index < -0.39 is 0 Å². The van der Waals surface area contributed by atoms with Crippen LogP contribution in [0.1, 0.15) is 30.5 Å². The molecule has 2 aliphatic rings. The number of benzene rings is 7. The van der Waals surface area contributed by atoms with Crippen LogP contribution >= 0.6 is 0 Å². The van der Waals surface area contributed by atoms with E-state index in [1.165, 1.54) is 38.6 Å². The quantitative estimate of drug-likeness (QED) is 0.173. The Bertz CT molecular complexity index is 4370. The van der Waals surface area contributed by atoms with Crippen molar-refractivity contribution in [1.29, 1.82) is 0 Å². The predicted octanol–water partition coefficient (Wildman–Crippen LogP) is 14.5. The summed E-state index contributed by atoms with van der Waals surface area (Å²) in [5.74, 6) is 1.10. The highest BCUT2D eigenvalue weighted by molar-refractivity contribution is 6.24. The van der Waals surface area contributed by atoms with E-state index in [1.807, 2.05) is 12.3 Å². The second kappa shape index (κ2) is 14.3. The van der Waals surface area contributed by atoms with Crippen LogP contribution in [0.15, 0.2) is 188 Å². The molecular formula is C60H40N8. The average molecular weight is 873 g/mol. The fourth-order valence-electron chi connectivity index (χ4n) is 11.5. The van der Waals surface area contributed by atoms with Gasteiger partial charge in [-0.05, 0) is 62.1 Å². The highest BCUT2D eigenvalue weighted by atomic mass is 15.2. The molecule has 8 nitrogen and oxygen atoms in total. The minimum Gasteiger partial charge on any atom is -0.315 e. The molecule has 0 fully saturated rings. The molecule has 0 atom stereocenters. The Morgan fingerprint density at radius 1 is 0.412 bits per heavy atom. The summed E-state index contributed by atoms with van der Waals surface area (Å²) in [6, 6.07) is 56.2. The Balaban J connectivity index is 1.07. The molecule has 2 aliphatic carbocycles. The highest BCUT2D eigenvalue weighted by Gasteiger charge is 2.28. The van der Waals surface area contributed by atoms with Crippen LogP contribution in [0, 0.1) is 0 Å². The number of hydrogen-bond donors (Lipinski definition) is 0. The van der Waals surface area contributed by atoms with Gasteiger partial charge in [-0.25, -0.2) is 9.97 Å². The molecule has 0 N–H and O–H groups in total. The summed E-state index contributed by atoms with van der Waals surface area (Å²) in [6.07, 6.45) is 17.3. The number of allylic oxidation sites excluding steroid dienone is 5. The van der Waals surface area contributed by atoms with Crippen molar-refractivity contribution >= 4 is 99.1 Å². The van der Waals surface area contributed by atoms with Gasteiger partial charge in [0.2, 0.25) is 11.9 Å². The summed E-state index contributed by atoms with van der Waals surface area (Å²) in [7, 11) is 0. The Morgan fingerprint density at radius 2 is 0.956 bits per heavy atom. The van der Waals surface area contributed by atoms with Gasteiger partial charge in [-0.3, -0.25) is 9.13 Å². The van der Waals surface area contributed by atoms with Crippen molar-refractivity contribution in [3.8, 4) is 28.8 Å². The van der Waals surface area contributed by atoms with E-state index in [9.17, 15) is 0 Å². The van der Waals surface area contributed by atoms with E-state index in [0.717, 1.165) is 103 Å². The number of fused-ring (bicyclic) bond motifs is 15. The molecule has 320 valence electrons. The van der Waals surface area contributed by atoms with Crippen LogP contribution in [0.4, 0.5) is 0 Å². The van der Waals surface area contributed by atoms with Gasteiger partial charge in [0.15, 0.2) is 5.65 Å². The van der Waals surface area contributed by atoms with Gasteiger partial charge in [0, 0.05) is 72.1 Å². The number of rotatable bonds is 5. The van der Waals surface area contributed by atoms with Gasteiger partial charge in [-0.1, -0.05) is 152 Å². The molecule has 7 aromatic carbocycles. The number of nitrogens with zero attached hydrogens (tertiary/aromatic N) is 8. The topological polar surface area (TPSA) is 71.3 Å². The lowest BCUT2D eigenvalue weighted by Gasteiger charge is -2.18. The van der Waals surface area contributed by atoms with Crippen molar-refractivity contribution in [2.24, 2.45) is 0 Å². The van der Waals surface area contributed by atoms with Gasteiger partial charge in [-0.2, -0.15) is 9.97 Å². The first-order chi connectivity index (χ1) is 33.8. The maximum atomic E-state index is 5.56. The van der Waals surface area contributed by atoms with Gasteiger partial charge >= 0.3 is 0 Å². The molecular weight excluding hydrogens is 833 g/mol. The van der Waals surface area contributed by atoms with Crippen molar-refractivity contribution in [3.05, 3.63) is 199 Å². The maximum Gasteiger partial charge on any atom is 0.237 e. The lowest BCUT2D eigenvalue weighted by Crippen LogP contribution is -2.09. The van der Waals surface area contributed by atoms with Crippen LogP contribution in [-0.4, -0.2) is 38.2 Å². The molecule has 0 saturated carbocycles. The van der Waals surface area contributed by atoms with E-state index >= 15 is 0 Å². The Labute approximate surface area is 389 Å². The minimum absolute atomic E-state index is 0.541. The van der Waals surface area contributed by atoms with E-state index in [-0.39, 0.29) is 0 Å². The molecule has 0 radical (unpaired) electrons. The molecule has 68 heavy (non-hydrogen) atoms. The minimum atomic E-state index is 0.541. The average Bonchev–Trinajstić information content (AvgIpc) is 4.14. The molecule has 15 rings (SSSR count). The molecule has 6 heterocycles. The summed E-state index contributed by atoms with van der Waals surface area (Å²) < 4.78 is 9.50. The molecule has 13 aromatic rings. The highest BCUT2D eigenvalue weighted by Crippen LogP contribution is 2.45. The molecule has 0 bridgehead atoms. The van der Waals surface area contributed by atoms with E-state index in [4.69, 9.17) is 19.9 Å². The summed E-state index contributed by atoms with van der Waals surface area (Å²) in [5, 5.41) is 8.94. The summed E-state index contributed by atoms with van der Waals surface area (Å²) in [4.78, 5) is 21.9. The van der Waals surface area contributed by atoms with Gasteiger partial charge in [0.1, 0.15) is 0 Å². The zero-order valence-corrected chi connectivity index (χ0v) is 36.9. The summed E-state index contributed by atoms with van der Waals surface area (Å²) in [6.45, 7) is 0. The zero-order valence-electron chi connectivity index (χ0n) is 36.9. The van der Waals surface area contributed by atoms with Crippen LogP contribution in [0.25, 0.3) is 128 Å². The van der Waals surface area contributed by atoms with Crippen LogP contribution in [0.2, 0.25) is 0 Å². The second-order valence-corrected chi connectivity index (χ2v) is 18.0. The van der Waals surface area contributed by atoms with Gasteiger partial charge in [0.25, 0.3) is 0 Å². The maximum absolute atomic E-state index is 5.56. The Morgan fingerprint density at radius 3 is 1.62 bits per heavy atom. The third-order valence-electron chi connectivity index (χ3n) is 14.4. The van der Waals surface area contributed by atoms with Gasteiger partial charge in [-0.15, -0.1) is 0 Å². The second-order valence-electron chi connectivity index (χ2n) is 18.0. The number of hydrogen-bond acceptors (Lipinski definition) is 4. The van der Waals surface area contributed by atoms with Gasteiger partial charge in [0.05, 0.1) is 49.7 Å². The molecule has 8 heteroatoms. The third-order valence-corrected chi connectivity index (χ3v) is 14.4. The fraction of sp³-hybridized carbons (Fsp3) is 0.0667. The molecule has 0 unspecified atom stereocenters. The fourth-order valence-corrected chi connectivity index (χ4v) is 11.5. The molecule has 0 amide bonds. The first kappa shape index (κ1) is 37.4. The molecule has 0 spiro atoms. The zero-order chi connectivity index (χ0) is 44.5. The Kier molecular flexibility index (Phi) is 7.86. The standard InChI is InChI=1S/C60H40N8/c1-4-18-37(19-5-1)53-48-36-61-59(67-51-30-16-12-26-42(51)46-34-32-44-40-24-10-14-28-49(40)65(54(44)56(46)67)38-20-6-2-7-21-38)63-58(48)64-60(62-53)68-52-31-17-13-27-43(52)47-35-33-45-41-25-11-15-29-50(41)66(55(45)57(47)68)39-22-8-3-9-23-39/h1-6,8-13,15-20,22-27,29-36H,7,14,21,28H2. The van der Waals surface area contributed by atoms with Crippen LogP contribution in [0.3, 0.4) is 0 Å². The van der Waals surface area contributed by atoms with Crippen LogP contribution in [0.5, 0.6) is 0 Å². The molecule has 0 aliphatic heterocycles. The van der Waals surface area contributed by atoms with Crippen molar-refractivity contribution in [1.82, 2.24) is 38.2 Å². The van der Waals surface area contributed by atoms with E-state index in [2.05, 4.69) is 200 Å². The lowest BCUT2D eigenvalue weighted by atomic mass is 10.0. The predicted molar refractivity (Wildman–Crippen MR) is 279 cm³/mol. The normalized spacial score (nSPS) is 13.9. The van der Waals surface area contributed by atoms with Crippen molar-refractivity contribution < 1.29 is 0 Å². The first-order valence-corrected chi connectivity index (χ1v) is 23.5. The smallest absolute Gasteiger partial charge is 0.237 e. The molecule has 0 saturated heterocycles. The van der Waals surface area contributed by atoms with Crippen molar-refractivity contribution in [3.63, 3.8) is 0 Å². The van der Waals surface area contributed by atoms with E-state index in [1.54, 1.807) is 0 Å². The van der Waals surface area contributed by atoms with Crippen LogP contribution in [-0.2, 0) is 6.42 Å². The van der Waals surface area contributed by atoms with Crippen molar-refractivity contribution in [2.75, 3.05) is 0 Å². The van der Waals surface area contributed by atoms with Gasteiger partial charge < -0.3 is 9.13 Å². The van der Waals surface area contributed by atoms with Crippen LogP contribution < -0.4 is 0 Å². The SMILES string of the molecule is C1=CCCC(n2c3c(c4ccc5c6ccccc6n(-c6ncc7c(-c8ccccc8)nc(-n8c9ccccc9c9ccc%10c%11ccccc%11n(-c%11ccccc%11)c%10c98)nc7n6)c5c42)C=CCC3)=C1.